The van der Waals surface area contributed by atoms with Gasteiger partial charge in [-0.3, -0.25) is 4.79 Å². The maximum absolute atomic E-state index is 12.7. The van der Waals surface area contributed by atoms with Crippen LogP contribution in [0.4, 0.5) is 0 Å². The highest BCUT2D eigenvalue weighted by molar-refractivity contribution is 5.96. The third kappa shape index (κ3) is 2.99. The first-order valence-corrected chi connectivity index (χ1v) is 7.56. The molecule has 19 heavy (non-hydrogen) atoms. The third-order valence-corrected chi connectivity index (χ3v) is 4.25. The first kappa shape index (κ1) is 14.1. The molecule has 0 bridgehead atoms. The Bertz CT molecular complexity index is 442. The molecule has 0 aromatic rings. The Morgan fingerprint density at radius 1 is 1.37 bits per heavy atom. The van der Waals surface area contributed by atoms with E-state index in [1.54, 1.807) is 0 Å². The van der Waals surface area contributed by atoms with Crippen molar-refractivity contribution in [1.29, 1.82) is 0 Å². The molecule has 1 amide bonds. The summed E-state index contributed by atoms with van der Waals surface area (Å²) in [6.07, 6.45) is 11.5. The normalized spacial score (nSPS) is 21.1. The molecule has 2 aliphatic rings. The zero-order valence-corrected chi connectivity index (χ0v) is 12.4. The number of hydrogen-bond donors (Lipinski definition) is 0. The molecule has 0 spiro atoms. The lowest BCUT2D eigenvalue weighted by Crippen LogP contribution is -2.43. The fourth-order valence-electron chi connectivity index (χ4n) is 3.00. The predicted molar refractivity (Wildman–Crippen MR) is 79.9 cm³/mol. The van der Waals surface area contributed by atoms with Crippen LogP contribution in [0.15, 0.2) is 34.9 Å². The Balaban J connectivity index is 2.21. The summed E-state index contributed by atoms with van der Waals surface area (Å²) in [7, 11) is 0. The van der Waals surface area contributed by atoms with E-state index < -0.39 is 0 Å². The van der Waals surface area contributed by atoms with Crippen LogP contribution in [0.3, 0.4) is 0 Å². The largest absolute Gasteiger partial charge is 0.336 e. The van der Waals surface area contributed by atoms with Gasteiger partial charge < -0.3 is 4.90 Å². The van der Waals surface area contributed by atoms with Crippen LogP contribution in [-0.2, 0) is 4.79 Å². The van der Waals surface area contributed by atoms with Gasteiger partial charge in [0.15, 0.2) is 0 Å². The van der Waals surface area contributed by atoms with E-state index in [0.717, 1.165) is 44.2 Å². The standard InChI is InChI=1S/C17H25NO/c1-4-7-13(3)18-11-10-15-9-6-8-14(5-2)12-16(15)17(18)19/h6,8-9,13H,4-5,7,10-12H2,1-3H3. The van der Waals surface area contributed by atoms with Crippen LogP contribution in [0.1, 0.15) is 52.9 Å². The smallest absolute Gasteiger partial charge is 0.250 e. The van der Waals surface area contributed by atoms with Crippen LogP contribution in [0.25, 0.3) is 0 Å². The highest BCUT2D eigenvalue weighted by Gasteiger charge is 2.29. The molecule has 0 aromatic heterocycles. The SMILES string of the molecule is CCCC(C)N1CCC2=C(CC(CC)=CC=C2)C1=O. The predicted octanol–water partition coefficient (Wildman–Crippen LogP) is 4.00. The fourth-order valence-corrected chi connectivity index (χ4v) is 3.00. The van der Waals surface area contributed by atoms with Gasteiger partial charge >= 0.3 is 0 Å². The lowest BCUT2D eigenvalue weighted by atomic mass is 9.93. The second kappa shape index (κ2) is 6.23. The summed E-state index contributed by atoms with van der Waals surface area (Å²) in [6, 6.07) is 0.368. The summed E-state index contributed by atoms with van der Waals surface area (Å²) in [6.45, 7) is 7.40. The average molecular weight is 259 g/mol. The van der Waals surface area contributed by atoms with E-state index in [0.29, 0.717) is 6.04 Å². The van der Waals surface area contributed by atoms with Crippen LogP contribution in [0.2, 0.25) is 0 Å². The minimum absolute atomic E-state index is 0.271. The third-order valence-electron chi connectivity index (χ3n) is 4.25. The Hall–Kier alpha value is -1.31. The molecule has 2 rings (SSSR count). The molecule has 1 aliphatic heterocycles. The van der Waals surface area contributed by atoms with Crippen LogP contribution in [-0.4, -0.2) is 23.4 Å². The van der Waals surface area contributed by atoms with Gasteiger partial charge in [0.1, 0.15) is 0 Å². The van der Waals surface area contributed by atoms with Gasteiger partial charge in [0.25, 0.3) is 5.91 Å². The van der Waals surface area contributed by atoms with E-state index in [9.17, 15) is 4.79 Å². The van der Waals surface area contributed by atoms with Crippen molar-refractivity contribution in [3.05, 3.63) is 34.9 Å². The Kier molecular flexibility index (Phi) is 4.62. The Morgan fingerprint density at radius 2 is 2.16 bits per heavy atom. The van der Waals surface area contributed by atoms with E-state index in [1.165, 1.54) is 11.1 Å². The minimum Gasteiger partial charge on any atom is -0.336 e. The molecule has 0 saturated carbocycles. The number of rotatable bonds is 4. The molecule has 2 heteroatoms. The van der Waals surface area contributed by atoms with Crippen molar-refractivity contribution < 1.29 is 4.79 Å². The number of nitrogens with zero attached hydrogens (tertiary/aromatic N) is 1. The maximum atomic E-state index is 12.7. The zero-order valence-electron chi connectivity index (χ0n) is 12.4. The summed E-state index contributed by atoms with van der Waals surface area (Å²) in [5, 5.41) is 0. The van der Waals surface area contributed by atoms with E-state index >= 15 is 0 Å². The molecular formula is C17H25NO. The second-order valence-electron chi connectivity index (χ2n) is 5.60. The quantitative estimate of drug-likeness (QED) is 0.747. The summed E-state index contributed by atoms with van der Waals surface area (Å²) >= 11 is 0. The van der Waals surface area contributed by atoms with Gasteiger partial charge in [-0.05, 0) is 38.2 Å². The molecule has 1 unspecified atom stereocenters. The van der Waals surface area contributed by atoms with Gasteiger partial charge in [0, 0.05) is 18.2 Å². The van der Waals surface area contributed by atoms with Gasteiger partial charge in [0.2, 0.25) is 0 Å². The molecule has 0 aromatic carbocycles. The van der Waals surface area contributed by atoms with Crippen molar-refractivity contribution in [2.45, 2.75) is 58.9 Å². The topological polar surface area (TPSA) is 20.3 Å². The Morgan fingerprint density at radius 3 is 2.84 bits per heavy atom. The number of carbonyl (C=O) groups excluding carboxylic acids is 1. The number of allylic oxidation sites excluding steroid dienone is 4. The first-order valence-electron chi connectivity index (χ1n) is 7.56. The molecule has 1 atom stereocenters. The molecule has 1 heterocycles. The second-order valence-corrected chi connectivity index (χ2v) is 5.60. The summed E-state index contributed by atoms with van der Waals surface area (Å²) in [5.41, 5.74) is 3.65. The molecule has 104 valence electrons. The lowest BCUT2D eigenvalue weighted by molar-refractivity contribution is -0.130. The molecular weight excluding hydrogens is 234 g/mol. The van der Waals surface area contributed by atoms with Crippen molar-refractivity contribution in [3.8, 4) is 0 Å². The van der Waals surface area contributed by atoms with Gasteiger partial charge in [-0.1, -0.05) is 44.1 Å². The van der Waals surface area contributed by atoms with E-state index in [-0.39, 0.29) is 5.91 Å². The van der Waals surface area contributed by atoms with Crippen molar-refractivity contribution in [3.63, 3.8) is 0 Å². The van der Waals surface area contributed by atoms with E-state index in [1.807, 2.05) is 0 Å². The lowest BCUT2D eigenvalue weighted by Gasteiger charge is -2.34. The zero-order chi connectivity index (χ0) is 13.8. The highest BCUT2D eigenvalue weighted by atomic mass is 16.2. The molecule has 0 fully saturated rings. The van der Waals surface area contributed by atoms with Crippen LogP contribution in [0, 0.1) is 0 Å². The number of amides is 1. The monoisotopic (exact) mass is 259 g/mol. The summed E-state index contributed by atoms with van der Waals surface area (Å²) < 4.78 is 0. The van der Waals surface area contributed by atoms with Crippen LogP contribution < -0.4 is 0 Å². The number of hydrogen-bond acceptors (Lipinski definition) is 1. The van der Waals surface area contributed by atoms with Gasteiger partial charge in [-0.15, -0.1) is 0 Å². The summed E-state index contributed by atoms with van der Waals surface area (Å²) in [5.74, 6) is 0.271. The van der Waals surface area contributed by atoms with Gasteiger partial charge in [-0.25, -0.2) is 0 Å². The van der Waals surface area contributed by atoms with Crippen molar-refractivity contribution in [2.24, 2.45) is 0 Å². The minimum atomic E-state index is 0.271. The van der Waals surface area contributed by atoms with E-state index in [2.05, 4.69) is 43.9 Å². The first-order chi connectivity index (χ1) is 9.17. The Labute approximate surface area is 116 Å². The molecule has 2 nitrogen and oxygen atoms in total. The van der Waals surface area contributed by atoms with Crippen molar-refractivity contribution in [1.82, 2.24) is 4.90 Å². The maximum Gasteiger partial charge on any atom is 0.250 e. The van der Waals surface area contributed by atoms with Gasteiger partial charge in [-0.2, -0.15) is 0 Å². The van der Waals surface area contributed by atoms with Crippen molar-refractivity contribution in [2.75, 3.05) is 6.54 Å². The molecule has 0 saturated heterocycles. The molecule has 0 radical (unpaired) electrons. The highest BCUT2D eigenvalue weighted by Crippen LogP contribution is 2.30. The summed E-state index contributed by atoms with van der Waals surface area (Å²) in [4.78, 5) is 14.8. The van der Waals surface area contributed by atoms with Gasteiger partial charge in [0.05, 0.1) is 0 Å². The average Bonchev–Trinajstić information content (AvgIpc) is 2.61. The van der Waals surface area contributed by atoms with Crippen LogP contribution in [0.5, 0.6) is 0 Å². The van der Waals surface area contributed by atoms with Crippen molar-refractivity contribution >= 4 is 5.91 Å². The molecule has 1 aliphatic carbocycles. The van der Waals surface area contributed by atoms with Crippen LogP contribution >= 0.6 is 0 Å². The van der Waals surface area contributed by atoms with E-state index in [4.69, 9.17) is 0 Å². The molecule has 0 N–H and O–H groups in total. The number of carbonyl (C=O) groups is 1. The fraction of sp³-hybridized carbons (Fsp3) is 0.588.